The Labute approximate surface area is 181 Å². The molecule has 0 aliphatic carbocycles. The minimum atomic E-state index is 0.147. The van der Waals surface area contributed by atoms with Gasteiger partial charge in [-0.2, -0.15) is 0 Å². The van der Waals surface area contributed by atoms with Crippen LogP contribution in [0.25, 0.3) is 0 Å². The molecule has 1 aromatic heterocycles. The summed E-state index contributed by atoms with van der Waals surface area (Å²) < 4.78 is 10.9. The molecule has 1 atom stereocenters. The summed E-state index contributed by atoms with van der Waals surface area (Å²) in [6.45, 7) is 3.66. The third kappa shape index (κ3) is 4.10. The number of aromatic nitrogens is 2. The first kappa shape index (κ1) is 19.9. The molecule has 2 aromatic rings. The Bertz CT molecular complexity index is 960. The van der Waals surface area contributed by atoms with Crippen molar-refractivity contribution in [1.82, 2.24) is 20.2 Å². The highest BCUT2D eigenvalue weighted by Gasteiger charge is 2.31. The van der Waals surface area contributed by atoms with Gasteiger partial charge in [-0.1, -0.05) is 6.07 Å². The lowest BCUT2D eigenvalue weighted by atomic mass is 10.1. The number of rotatable bonds is 4. The lowest BCUT2D eigenvalue weighted by Gasteiger charge is -2.30. The van der Waals surface area contributed by atoms with Crippen LogP contribution in [0.2, 0.25) is 0 Å². The van der Waals surface area contributed by atoms with E-state index in [0.29, 0.717) is 19.6 Å². The molecule has 1 fully saturated rings. The number of fused-ring (bicyclic) bond motifs is 2. The number of hydrogen-bond donors (Lipinski definition) is 2. The Morgan fingerprint density at radius 1 is 1.16 bits per heavy atom. The fourth-order valence-electron chi connectivity index (χ4n) is 4.54. The fraction of sp³-hybridized carbons (Fsp3) is 0.500. The first-order chi connectivity index (χ1) is 15.2. The number of ether oxygens (including phenoxy) is 2. The SMILES string of the molecule is CN1CC(=O)N(C2CCCNCC2)Cc2c(NCc3ccc4c(c3)OCO4)ncnc21. The van der Waals surface area contributed by atoms with E-state index in [9.17, 15) is 4.79 Å². The second-order valence-electron chi connectivity index (χ2n) is 8.28. The number of anilines is 2. The van der Waals surface area contributed by atoms with Crippen molar-refractivity contribution < 1.29 is 14.3 Å². The van der Waals surface area contributed by atoms with Crippen LogP contribution in [0.15, 0.2) is 24.5 Å². The summed E-state index contributed by atoms with van der Waals surface area (Å²) in [5.74, 6) is 3.26. The van der Waals surface area contributed by atoms with Crippen LogP contribution in [0.3, 0.4) is 0 Å². The van der Waals surface area contributed by atoms with E-state index < -0.39 is 0 Å². The molecule has 1 amide bonds. The van der Waals surface area contributed by atoms with Crippen LogP contribution in [0, 0.1) is 0 Å². The standard InChI is InChI=1S/C22H28N6O3/c1-27-12-20(29)28(16-3-2-7-23-8-6-16)11-17-21(25-13-26-22(17)27)24-10-15-4-5-18-19(9-15)31-14-30-18/h4-5,9,13,16,23H,2-3,6-8,10-12,14H2,1H3,(H,24,25,26). The Morgan fingerprint density at radius 3 is 3.00 bits per heavy atom. The summed E-state index contributed by atoms with van der Waals surface area (Å²) in [6, 6.07) is 6.16. The monoisotopic (exact) mass is 424 g/mol. The number of nitrogens with zero attached hydrogens (tertiary/aromatic N) is 4. The Morgan fingerprint density at radius 2 is 2.06 bits per heavy atom. The molecule has 1 aromatic carbocycles. The summed E-state index contributed by atoms with van der Waals surface area (Å²) in [5.41, 5.74) is 2.04. The van der Waals surface area contributed by atoms with Gasteiger partial charge in [-0.15, -0.1) is 0 Å². The number of nitrogens with one attached hydrogen (secondary N) is 2. The number of carbonyl (C=O) groups is 1. The second-order valence-corrected chi connectivity index (χ2v) is 8.28. The molecule has 164 valence electrons. The van der Waals surface area contributed by atoms with Crippen molar-refractivity contribution in [3.05, 3.63) is 35.7 Å². The highest BCUT2D eigenvalue weighted by molar-refractivity contribution is 5.84. The molecular weight excluding hydrogens is 396 g/mol. The molecule has 0 bridgehead atoms. The zero-order valence-electron chi connectivity index (χ0n) is 17.8. The van der Waals surface area contributed by atoms with E-state index in [1.165, 1.54) is 0 Å². The molecule has 2 N–H and O–H groups in total. The number of hydrogen-bond acceptors (Lipinski definition) is 8. The molecule has 3 aliphatic heterocycles. The molecule has 5 rings (SSSR count). The maximum atomic E-state index is 13.1. The van der Waals surface area contributed by atoms with Crippen molar-refractivity contribution in [1.29, 1.82) is 0 Å². The quantitative estimate of drug-likeness (QED) is 0.767. The molecule has 1 unspecified atom stereocenters. The summed E-state index contributed by atoms with van der Waals surface area (Å²) in [5, 5.41) is 6.89. The molecule has 0 spiro atoms. The number of amides is 1. The summed E-state index contributed by atoms with van der Waals surface area (Å²) in [4.78, 5) is 26.1. The average molecular weight is 425 g/mol. The van der Waals surface area contributed by atoms with Gasteiger partial charge >= 0.3 is 0 Å². The molecule has 9 heteroatoms. The van der Waals surface area contributed by atoms with E-state index >= 15 is 0 Å². The van der Waals surface area contributed by atoms with E-state index in [1.54, 1.807) is 6.33 Å². The lowest BCUT2D eigenvalue weighted by molar-refractivity contribution is -0.132. The van der Waals surface area contributed by atoms with Crippen LogP contribution in [-0.2, 0) is 17.9 Å². The van der Waals surface area contributed by atoms with Gasteiger partial charge in [0.1, 0.15) is 18.0 Å². The summed E-state index contributed by atoms with van der Waals surface area (Å²) in [7, 11) is 1.92. The predicted molar refractivity (Wildman–Crippen MR) is 116 cm³/mol. The molecule has 3 aliphatic rings. The Kier molecular flexibility index (Phi) is 5.50. The topological polar surface area (TPSA) is 91.9 Å². The van der Waals surface area contributed by atoms with E-state index in [-0.39, 0.29) is 18.7 Å². The van der Waals surface area contributed by atoms with Gasteiger partial charge in [0, 0.05) is 19.6 Å². The van der Waals surface area contributed by atoms with Gasteiger partial charge in [0.2, 0.25) is 12.7 Å². The van der Waals surface area contributed by atoms with E-state index in [1.807, 2.05) is 35.0 Å². The van der Waals surface area contributed by atoms with Gasteiger partial charge in [0.05, 0.1) is 18.7 Å². The highest BCUT2D eigenvalue weighted by atomic mass is 16.7. The van der Waals surface area contributed by atoms with Crippen LogP contribution < -0.4 is 25.0 Å². The number of benzene rings is 1. The molecule has 31 heavy (non-hydrogen) atoms. The van der Waals surface area contributed by atoms with Crippen LogP contribution in [0.4, 0.5) is 11.6 Å². The third-order valence-electron chi connectivity index (χ3n) is 6.19. The Balaban J connectivity index is 1.39. The highest BCUT2D eigenvalue weighted by Crippen LogP contribution is 2.33. The van der Waals surface area contributed by atoms with Crippen LogP contribution in [0.5, 0.6) is 11.5 Å². The van der Waals surface area contributed by atoms with Gasteiger partial charge in [0.15, 0.2) is 11.5 Å². The largest absolute Gasteiger partial charge is 0.454 e. The zero-order valence-corrected chi connectivity index (χ0v) is 17.8. The Hall–Kier alpha value is -3.07. The van der Waals surface area contributed by atoms with Crippen molar-refractivity contribution in [2.75, 3.05) is 43.7 Å². The van der Waals surface area contributed by atoms with Crippen LogP contribution >= 0.6 is 0 Å². The van der Waals surface area contributed by atoms with E-state index in [4.69, 9.17) is 9.47 Å². The van der Waals surface area contributed by atoms with Crippen LogP contribution in [0.1, 0.15) is 30.4 Å². The number of carbonyl (C=O) groups excluding carboxylic acids is 1. The molecule has 4 heterocycles. The predicted octanol–water partition coefficient (Wildman–Crippen LogP) is 1.74. The molecule has 9 nitrogen and oxygen atoms in total. The maximum absolute atomic E-state index is 13.1. The third-order valence-corrected chi connectivity index (χ3v) is 6.19. The van der Waals surface area contributed by atoms with Crippen molar-refractivity contribution in [2.24, 2.45) is 0 Å². The summed E-state index contributed by atoms with van der Waals surface area (Å²) in [6.07, 6.45) is 4.63. The van der Waals surface area contributed by atoms with Gasteiger partial charge in [-0.3, -0.25) is 4.79 Å². The van der Waals surface area contributed by atoms with Crippen molar-refractivity contribution >= 4 is 17.5 Å². The van der Waals surface area contributed by atoms with Crippen LogP contribution in [-0.4, -0.2) is 60.3 Å². The normalized spacial score (nSPS) is 20.8. The second kappa shape index (κ2) is 8.58. The summed E-state index contributed by atoms with van der Waals surface area (Å²) >= 11 is 0. The first-order valence-electron chi connectivity index (χ1n) is 10.9. The number of likely N-dealkylation sites (N-methyl/N-ethyl adjacent to an activating group) is 1. The molecule has 0 saturated carbocycles. The van der Waals surface area contributed by atoms with Crippen molar-refractivity contribution in [3.8, 4) is 11.5 Å². The maximum Gasteiger partial charge on any atom is 0.242 e. The zero-order chi connectivity index (χ0) is 21.2. The van der Waals surface area contributed by atoms with Crippen molar-refractivity contribution in [2.45, 2.75) is 38.4 Å². The van der Waals surface area contributed by atoms with Crippen molar-refractivity contribution in [3.63, 3.8) is 0 Å². The van der Waals surface area contributed by atoms with E-state index in [0.717, 1.165) is 66.6 Å². The lowest BCUT2D eigenvalue weighted by Crippen LogP contribution is -2.43. The molecule has 1 saturated heterocycles. The van der Waals surface area contributed by atoms with Gasteiger partial charge < -0.3 is 29.9 Å². The fourth-order valence-corrected chi connectivity index (χ4v) is 4.54. The first-order valence-corrected chi connectivity index (χ1v) is 10.9. The molecular formula is C22H28N6O3. The smallest absolute Gasteiger partial charge is 0.242 e. The van der Waals surface area contributed by atoms with Gasteiger partial charge in [0.25, 0.3) is 0 Å². The van der Waals surface area contributed by atoms with E-state index in [2.05, 4.69) is 20.6 Å². The molecule has 0 radical (unpaired) electrons. The van der Waals surface area contributed by atoms with Gasteiger partial charge in [-0.05, 0) is 50.0 Å². The van der Waals surface area contributed by atoms with Gasteiger partial charge in [-0.25, -0.2) is 9.97 Å². The average Bonchev–Trinajstić information content (AvgIpc) is 3.01. The minimum Gasteiger partial charge on any atom is -0.454 e. The minimum absolute atomic E-state index is 0.147.